The number of nitrogens with one attached hydrogen (secondary N) is 1. The first kappa shape index (κ1) is 15.2. The number of carbonyl (C=O) groups excluding carboxylic acids is 1. The lowest BCUT2D eigenvalue weighted by Crippen LogP contribution is -2.45. The largest absolute Gasteiger partial charge is 0.492 e. The van der Waals surface area contributed by atoms with E-state index in [1.54, 1.807) is 6.07 Å². The number of carbonyl (C=O) groups is 2. The number of hydrogen-bond acceptors (Lipinski definition) is 3. The molecule has 1 fully saturated rings. The Kier molecular flexibility index (Phi) is 4.25. The quantitative estimate of drug-likeness (QED) is 0.894. The maximum atomic E-state index is 12.4. The van der Waals surface area contributed by atoms with Gasteiger partial charge in [0.1, 0.15) is 12.4 Å². The monoisotopic (exact) mass is 323 g/mol. The minimum Gasteiger partial charge on any atom is -0.492 e. The summed E-state index contributed by atoms with van der Waals surface area (Å²) >= 11 is 5.97. The molecule has 1 unspecified atom stereocenters. The predicted octanol–water partition coefficient (Wildman–Crippen LogP) is 2.26. The van der Waals surface area contributed by atoms with Gasteiger partial charge in [0.2, 0.25) is 5.91 Å². The average molecular weight is 324 g/mol. The second kappa shape index (κ2) is 6.16. The molecule has 5 nitrogen and oxygen atoms in total. The Morgan fingerprint density at radius 3 is 2.91 bits per heavy atom. The standard InChI is InChI=1S/C16H18ClNO4/c17-11-4-5-14-9(7-11)6-10(8-22-14)15(19)18-13-3-1-2-12(13)16(20)21/h4-5,7,10,12-13H,1-3,6,8H2,(H,18,19)(H,20,21)/t10?,12-,13+/m1/s1. The minimum atomic E-state index is -0.833. The predicted molar refractivity (Wildman–Crippen MR) is 81.0 cm³/mol. The number of amides is 1. The van der Waals surface area contributed by atoms with Crippen LogP contribution < -0.4 is 10.1 Å². The van der Waals surface area contributed by atoms with E-state index in [2.05, 4.69) is 5.32 Å². The van der Waals surface area contributed by atoms with Crippen LogP contribution in [0.25, 0.3) is 0 Å². The molecule has 1 amide bonds. The summed E-state index contributed by atoms with van der Waals surface area (Å²) in [6, 6.07) is 5.11. The topological polar surface area (TPSA) is 75.6 Å². The van der Waals surface area contributed by atoms with Gasteiger partial charge in [-0.1, -0.05) is 18.0 Å². The number of hydrogen-bond donors (Lipinski definition) is 2. The first-order valence-electron chi connectivity index (χ1n) is 7.49. The maximum absolute atomic E-state index is 12.4. The summed E-state index contributed by atoms with van der Waals surface area (Å²) in [7, 11) is 0. The Morgan fingerprint density at radius 1 is 1.32 bits per heavy atom. The third-order valence-corrected chi connectivity index (χ3v) is 4.70. The number of ether oxygens (including phenoxy) is 1. The van der Waals surface area contributed by atoms with Crippen LogP contribution >= 0.6 is 11.6 Å². The molecule has 3 rings (SSSR count). The SMILES string of the molecule is O=C(N[C@H]1CCC[C@H]1C(=O)O)C1COc2ccc(Cl)cc2C1. The first-order chi connectivity index (χ1) is 10.5. The third-order valence-electron chi connectivity index (χ3n) is 4.46. The van der Waals surface area contributed by atoms with Gasteiger partial charge in [-0.25, -0.2) is 0 Å². The summed E-state index contributed by atoms with van der Waals surface area (Å²) < 4.78 is 5.62. The van der Waals surface area contributed by atoms with E-state index in [0.717, 1.165) is 24.2 Å². The van der Waals surface area contributed by atoms with Gasteiger partial charge in [0.05, 0.1) is 11.8 Å². The Morgan fingerprint density at radius 2 is 2.14 bits per heavy atom. The molecule has 1 heterocycles. The second-order valence-corrected chi connectivity index (χ2v) is 6.39. The van der Waals surface area contributed by atoms with Gasteiger partial charge in [0.25, 0.3) is 0 Å². The molecule has 0 aromatic heterocycles. The normalized spacial score (nSPS) is 26.9. The maximum Gasteiger partial charge on any atom is 0.308 e. The Bertz CT molecular complexity index is 604. The van der Waals surface area contributed by atoms with E-state index in [9.17, 15) is 14.7 Å². The number of benzene rings is 1. The molecule has 1 saturated carbocycles. The highest BCUT2D eigenvalue weighted by Gasteiger charge is 2.36. The molecule has 118 valence electrons. The van der Waals surface area contributed by atoms with E-state index >= 15 is 0 Å². The molecule has 2 aliphatic rings. The molecule has 1 aliphatic carbocycles. The average Bonchev–Trinajstić information content (AvgIpc) is 2.94. The summed E-state index contributed by atoms with van der Waals surface area (Å²) in [5, 5.41) is 12.7. The van der Waals surface area contributed by atoms with Gasteiger partial charge in [-0.15, -0.1) is 0 Å². The molecular formula is C16H18ClNO4. The van der Waals surface area contributed by atoms with Gasteiger partial charge in [-0.05, 0) is 43.0 Å². The van der Waals surface area contributed by atoms with Crippen LogP contribution in [0.4, 0.5) is 0 Å². The van der Waals surface area contributed by atoms with E-state index < -0.39 is 11.9 Å². The van der Waals surface area contributed by atoms with Gasteiger partial charge in [-0.2, -0.15) is 0 Å². The fourth-order valence-electron chi connectivity index (χ4n) is 3.26. The molecule has 2 N–H and O–H groups in total. The van der Waals surface area contributed by atoms with Crippen LogP contribution in [0.3, 0.4) is 0 Å². The van der Waals surface area contributed by atoms with Crippen molar-refractivity contribution in [2.45, 2.75) is 31.7 Å². The molecule has 1 aromatic rings. The van der Waals surface area contributed by atoms with Crippen molar-refractivity contribution in [1.82, 2.24) is 5.32 Å². The van der Waals surface area contributed by atoms with Crippen molar-refractivity contribution in [3.8, 4) is 5.75 Å². The van der Waals surface area contributed by atoms with Crippen molar-refractivity contribution in [3.63, 3.8) is 0 Å². The van der Waals surface area contributed by atoms with Gasteiger partial charge >= 0.3 is 5.97 Å². The highest BCUT2D eigenvalue weighted by atomic mass is 35.5. The second-order valence-electron chi connectivity index (χ2n) is 5.95. The summed E-state index contributed by atoms with van der Waals surface area (Å²) in [6.45, 7) is 0.310. The van der Waals surface area contributed by atoms with Crippen molar-refractivity contribution < 1.29 is 19.4 Å². The van der Waals surface area contributed by atoms with E-state index in [1.165, 1.54) is 0 Å². The minimum absolute atomic E-state index is 0.135. The Hall–Kier alpha value is -1.75. The molecular weight excluding hydrogens is 306 g/mol. The van der Waals surface area contributed by atoms with Gasteiger partial charge in [0, 0.05) is 11.1 Å². The lowest BCUT2D eigenvalue weighted by Gasteiger charge is -2.27. The zero-order chi connectivity index (χ0) is 15.7. The summed E-state index contributed by atoms with van der Waals surface area (Å²) in [5.74, 6) is -0.988. The van der Waals surface area contributed by atoms with Crippen molar-refractivity contribution in [1.29, 1.82) is 0 Å². The molecule has 0 spiro atoms. The molecule has 22 heavy (non-hydrogen) atoms. The first-order valence-corrected chi connectivity index (χ1v) is 7.87. The number of aliphatic carboxylic acids is 1. The number of halogens is 1. The number of carboxylic acid groups (broad SMARTS) is 1. The Labute approximate surface area is 133 Å². The third kappa shape index (κ3) is 3.04. The number of carboxylic acids is 1. The lowest BCUT2D eigenvalue weighted by molar-refractivity contribution is -0.142. The number of fused-ring (bicyclic) bond motifs is 1. The fourth-order valence-corrected chi connectivity index (χ4v) is 3.46. The molecule has 1 aliphatic heterocycles. The van der Waals surface area contributed by atoms with Crippen molar-refractivity contribution in [3.05, 3.63) is 28.8 Å². The highest BCUT2D eigenvalue weighted by Crippen LogP contribution is 2.31. The van der Waals surface area contributed by atoms with Gasteiger partial charge < -0.3 is 15.2 Å². The molecule has 0 saturated heterocycles. The number of rotatable bonds is 3. The van der Waals surface area contributed by atoms with Crippen molar-refractivity contribution in [2.24, 2.45) is 11.8 Å². The smallest absolute Gasteiger partial charge is 0.308 e. The van der Waals surface area contributed by atoms with Crippen LogP contribution in [0.1, 0.15) is 24.8 Å². The van der Waals surface area contributed by atoms with Crippen molar-refractivity contribution >= 4 is 23.5 Å². The fraction of sp³-hybridized carbons (Fsp3) is 0.500. The molecule has 3 atom stereocenters. The van der Waals surface area contributed by atoms with Gasteiger partial charge in [-0.3, -0.25) is 9.59 Å². The van der Waals surface area contributed by atoms with Crippen molar-refractivity contribution in [2.75, 3.05) is 6.61 Å². The zero-order valence-electron chi connectivity index (χ0n) is 12.0. The zero-order valence-corrected chi connectivity index (χ0v) is 12.8. The molecule has 6 heteroatoms. The Balaban J connectivity index is 1.65. The van der Waals surface area contributed by atoms with Crippen LogP contribution in [0.5, 0.6) is 5.75 Å². The summed E-state index contributed by atoms with van der Waals surface area (Å²) in [4.78, 5) is 23.6. The molecule has 0 radical (unpaired) electrons. The van der Waals surface area contributed by atoms with E-state index in [0.29, 0.717) is 24.5 Å². The van der Waals surface area contributed by atoms with Crippen LogP contribution in [0.2, 0.25) is 5.02 Å². The summed E-state index contributed by atoms with van der Waals surface area (Å²) in [6.07, 6.45) is 2.74. The molecule has 1 aromatic carbocycles. The van der Waals surface area contributed by atoms with E-state index in [1.807, 2.05) is 12.1 Å². The summed E-state index contributed by atoms with van der Waals surface area (Å²) in [5.41, 5.74) is 0.917. The highest BCUT2D eigenvalue weighted by molar-refractivity contribution is 6.30. The van der Waals surface area contributed by atoms with Crippen LogP contribution in [-0.2, 0) is 16.0 Å². The van der Waals surface area contributed by atoms with Crippen LogP contribution in [0.15, 0.2) is 18.2 Å². The molecule has 0 bridgehead atoms. The van der Waals surface area contributed by atoms with E-state index in [-0.39, 0.29) is 17.9 Å². The van der Waals surface area contributed by atoms with Crippen LogP contribution in [-0.4, -0.2) is 29.6 Å². The van der Waals surface area contributed by atoms with Crippen LogP contribution in [0, 0.1) is 11.8 Å². The lowest BCUT2D eigenvalue weighted by atomic mass is 9.95. The van der Waals surface area contributed by atoms with Gasteiger partial charge in [0.15, 0.2) is 0 Å². The van der Waals surface area contributed by atoms with E-state index in [4.69, 9.17) is 16.3 Å².